The van der Waals surface area contributed by atoms with Crippen LogP contribution in [0.1, 0.15) is 19.8 Å². The fourth-order valence-corrected chi connectivity index (χ4v) is 3.08. The van der Waals surface area contributed by atoms with Crippen LogP contribution in [0, 0.1) is 0 Å². The molecular formula is C10H21ClN2O3S. The Balaban J connectivity index is 0.00000256. The van der Waals surface area contributed by atoms with E-state index in [0.717, 1.165) is 19.5 Å². The van der Waals surface area contributed by atoms with Gasteiger partial charge in [-0.05, 0) is 19.4 Å². The average Bonchev–Trinajstić information content (AvgIpc) is 2.44. The second kappa shape index (κ2) is 7.89. The van der Waals surface area contributed by atoms with E-state index in [4.69, 9.17) is 0 Å². The number of hydrogen-bond donors (Lipinski definition) is 1. The van der Waals surface area contributed by atoms with Crippen molar-refractivity contribution in [3.63, 3.8) is 0 Å². The molecule has 1 aliphatic heterocycles. The average molecular weight is 285 g/mol. The molecule has 0 aliphatic carbocycles. The zero-order chi connectivity index (χ0) is 12.0. The van der Waals surface area contributed by atoms with Crippen molar-refractivity contribution in [1.82, 2.24) is 10.2 Å². The summed E-state index contributed by atoms with van der Waals surface area (Å²) >= 11 is 0. The van der Waals surface area contributed by atoms with Crippen molar-refractivity contribution in [2.45, 2.75) is 19.8 Å². The minimum atomic E-state index is -3.20. The zero-order valence-corrected chi connectivity index (χ0v) is 11.8. The Bertz CT molecular complexity index is 324. The summed E-state index contributed by atoms with van der Waals surface area (Å²) in [5, 5.41) is 3.18. The third-order valence-electron chi connectivity index (χ3n) is 2.55. The summed E-state index contributed by atoms with van der Waals surface area (Å²) in [6.07, 6.45) is 1.46. The highest BCUT2D eigenvalue weighted by Gasteiger charge is 2.21. The Morgan fingerprint density at radius 3 is 2.65 bits per heavy atom. The van der Waals surface area contributed by atoms with E-state index in [2.05, 4.69) is 5.32 Å². The Kier molecular flexibility index (Phi) is 7.74. The van der Waals surface area contributed by atoms with Crippen molar-refractivity contribution in [3.8, 4) is 0 Å². The minimum Gasteiger partial charge on any atom is -0.340 e. The number of hydrogen-bond acceptors (Lipinski definition) is 4. The summed E-state index contributed by atoms with van der Waals surface area (Å²) in [6.45, 7) is 4.72. The fraction of sp³-hybridized carbons (Fsp3) is 0.900. The molecule has 0 atom stereocenters. The highest BCUT2D eigenvalue weighted by Crippen LogP contribution is 2.01. The number of sulfone groups is 1. The lowest BCUT2D eigenvalue weighted by atomic mass is 10.4. The lowest BCUT2D eigenvalue weighted by molar-refractivity contribution is -0.128. The second-order valence-corrected chi connectivity index (χ2v) is 6.26. The van der Waals surface area contributed by atoms with E-state index < -0.39 is 9.84 Å². The smallest absolute Gasteiger partial charge is 0.237 e. The summed E-state index contributed by atoms with van der Waals surface area (Å²) < 4.78 is 23.0. The van der Waals surface area contributed by atoms with E-state index in [1.165, 1.54) is 0 Å². The Morgan fingerprint density at radius 2 is 2.00 bits per heavy atom. The van der Waals surface area contributed by atoms with Gasteiger partial charge in [-0.3, -0.25) is 4.79 Å². The van der Waals surface area contributed by atoms with Crippen molar-refractivity contribution >= 4 is 28.2 Å². The molecule has 0 aromatic heterocycles. The van der Waals surface area contributed by atoms with Gasteiger partial charge in [-0.15, -0.1) is 12.4 Å². The van der Waals surface area contributed by atoms with Gasteiger partial charge in [0, 0.05) is 19.6 Å². The normalized spacial score (nSPS) is 17.1. The third kappa shape index (κ3) is 6.24. The molecule has 102 valence electrons. The molecule has 1 aliphatic rings. The number of nitrogens with one attached hydrogen (secondary N) is 1. The lowest BCUT2D eigenvalue weighted by Gasteiger charge is -2.19. The molecule has 17 heavy (non-hydrogen) atoms. The first-order chi connectivity index (χ1) is 7.55. The Morgan fingerprint density at radius 1 is 1.29 bits per heavy atom. The van der Waals surface area contributed by atoms with Crippen LogP contribution in [-0.2, 0) is 14.6 Å². The molecule has 1 amide bonds. The minimum absolute atomic E-state index is 0. The van der Waals surface area contributed by atoms with Crippen molar-refractivity contribution in [2.24, 2.45) is 0 Å². The maximum absolute atomic E-state index is 11.8. The van der Waals surface area contributed by atoms with Gasteiger partial charge in [-0.1, -0.05) is 6.92 Å². The van der Waals surface area contributed by atoms with Gasteiger partial charge < -0.3 is 10.2 Å². The second-order valence-electron chi connectivity index (χ2n) is 4.08. The van der Waals surface area contributed by atoms with Crippen molar-refractivity contribution in [3.05, 3.63) is 0 Å². The zero-order valence-electron chi connectivity index (χ0n) is 10.1. The van der Waals surface area contributed by atoms with Crippen LogP contribution in [0.3, 0.4) is 0 Å². The molecule has 0 bridgehead atoms. The molecule has 0 aromatic carbocycles. The molecule has 0 saturated carbocycles. The molecule has 0 spiro atoms. The van der Waals surface area contributed by atoms with Crippen LogP contribution in [0.5, 0.6) is 0 Å². The molecule has 1 rings (SSSR count). The lowest BCUT2D eigenvalue weighted by Crippen LogP contribution is -2.38. The highest BCUT2D eigenvalue weighted by molar-refractivity contribution is 7.92. The van der Waals surface area contributed by atoms with Gasteiger partial charge >= 0.3 is 0 Å². The summed E-state index contributed by atoms with van der Waals surface area (Å²) in [6, 6.07) is 0. The van der Waals surface area contributed by atoms with E-state index in [9.17, 15) is 13.2 Å². The predicted molar refractivity (Wildman–Crippen MR) is 70.3 cm³/mol. The van der Waals surface area contributed by atoms with Gasteiger partial charge in [0.1, 0.15) is 5.75 Å². The topological polar surface area (TPSA) is 66.5 Å². The number of amides is 1. The number of rotatable bonds is 4. The van der Waals surface area contributed by atoms with Crippen LogP contribution in [0.15, 0.2) is 0 Å². The third-order valence-corrected chi connectivity index (χ3v) is 4.27. The first kappa shape index (κ1) is 16.7. The predicted octanol–water partition coefficient (Wildman–Crippen LogP) is 0.0549. The molecule has 0 unspecified atom stereocenters. The first-order valence-corrected chi connectivity index (χ1v) is 7.56. The quantitative estimate of drug-likeness (QED) is 0.792. The van der Waals surface area contributed by atoms with Crippen LogP contribution in [0.25, 0.3) is 0 Å². The molecule has 7 heteroatoms. The van der Waals surface area contributed by atoms with Gasteiger partial charge in [-0.25, -0.2) is 8.42 Å². The van der Waals surface area contributed by atoms with E-state index in [1.807, 2.05) is 0 Å². The van der Waals surface area contributed by atoms with Crippen LogP contribution < -0.4 is 5.32 Å². The Labute approximate surface area is 109 Å². The molecule has 1 saturated heterocycles. The maximum Gasteiger partial charge on any atom is 0.237 e. The number of halogens is 1. The molecule has 1 N–H and O–H groups in total. The number of carbonyl (C=O) groups is 1. The summed E-state index contributed by atoms with van der Waals surface area (Å²) in [5.74, 6) is -0.483. The highest BCUT2D eigenvalue weighted by atomic mass is 35.5. The van der Waals surface area contributed by atoms with E-state index in [-0.39, 0.29) is 29.8 Å². The molecule has 0 radical (unpaired) electrons. The molecular weight excluding hydrogens is 264 g/mol. The van der Waals surface area contributed by atoms with Gasteiger partial charge in [0.15, 0.2) is 9.84 Å². The van der Waals surface area contributed by atoms with Crippen molar-refractivity contribution in [1.29, 1.82) is 0 Å². The largest absolute Gasteiger partial charge is 0.340 e. The van der Waals surface area contributed by atoms with Gasteiger partial charge in [0.25, 0.3) is 0 Å². The van der Waals surface area contributed by atoms with Crippen LogP contribution in [-0.4, -0.2) is 56.9 Å². The van der Waals surface area contributed by atoms with Crippen molar-refractivity contribution in [2.75, 3.05) is 37.7 Å². The van der Waals surface area contributed by atoms with E-state index in [0.29, 0.717) is 19.5 Å². The monoisotopic (exact) mass is 284 g/mol. The molecule has 1 heterocycles. The number of nitrogens with zero attached hydrogens (tertiary/aromatic N) is 1. The van der Waals surface area contributed by atoms with Crippen LogP contribution >= 0.6 is 12.4 Å². The molecule has 0 aromatic rings. The Hall–Kier alpha value is -0.330. The summed E-state index contributed by atoms with van der Waals surface area (Å²) in [7, 11) is -3.20. The van der Waals surface area contributed by atoms with E-state index in [1.54, 1.807) is 11.8 Å². The summed E-state index contributed by atoms with van der Waals surface area (Å²) in [4.78, 5) is 13.4. The molecule has 5 nitrogen and oxygen atoms in total. The standard InChI is InChI=1S/C10H20N2O3S.ClH/c1-2-8-16(14,15)9-10(13)12-6-3-4-11-5-7-12;/h11H,2-9H2,1H3;1H. The first-order valence-electron chi connectivity index (χ1n) is 5.74. The van der Waals surface area contributed by atoms with E-state index >= 15 is 0 Å². The van der Waals surface area contributed by atoms with Crippen LogP contribution in [0.2, 0.25) is 0 Å². The SMILES string of the molecule is CCCS(=O)(=O)CC(=O)N1CCCNCC1.Cl. The van der Waals surface area contributed by atoms with Gasteiger partial charge in [-0.2, -0.15) is 0 Å². The van der Waals surface area contributed by atoms with Gasteiger partial charge in [0.05, 0.1) is 5.75 Å². The van der Waals surface area contributed by atoms with Gasteiger partial charge in [0.2, 0.25) is 5.91 Å². The summed E-state index contributed by atoms with van der Waals surface area (Å²) in [5.41, 5.74) is 0. The fourth-order valence-electron chi connectivity index (χ4n) is 1.76. The van der Waals surface area contributed by atoms with Crippen LogP contribution in [0.4, 0.5) is 0 Å². The van der Waals surface area contributed by atoms with Crippen molar-refractivity contribution < 1.29 is 13.2 Å². The number of carbonyl (C=O) groups excluding carboxylic acids is 1. The maximum atomic E-state index is 11.8. The molecule has 1 fully saturated rings.